The zero-order valence-electron chi connectivity index (χ0n) is 15.1. The molecule has 0 spiro atoms. The van der Waals surface area contributed by atoms with Crippen LogP contribution in [-0.2, 0) is 23.1 Å². The lowest BCUT2D eigenvalue weighted by Gasteiger charge is -2.13. The van der Waals surface area contributed by atoms with Gasteiger partial charge < -0.3 is 4.57 Å². The molecule has 154 valence electrons. The van der Waals surface area contributed by atoms with Gasteiger partial charge in [0.1, 0.15) is 11.5 Å². The van der Waals surface area contributed by atoms with Gasteiger partial charge in [0.2, 0.25) is 0 Å². The second-order valence-electron chi connectivity index (χ2n) is 6.13. The Bertz CT molecular complexity index is 1190. The number of nitrogens with zero attached hydrogens (tertiary/aromatic N) is 3. The lowest BCUT2D eigenvalue weighted by atomic mass is 10.1. The number of halogens is 5. The molecule has 0 radical (unpaired) electrons. The highest BCUT2D eigenvalue weighted by Crippen LogP contribution is 2.35. The van der Waals surface area contributed by atoms with Gasteiger partial charge in [-0.2, -0.15) is 13.2 Å². The number of benzene rings is 1. The van der Waals surface area contributed by atoms with Gasteiger partial charge in [-0.3, -0.25) is 4.98 Å². The summed E-state index contributed by atoms with van der Waals surface area (Å²) in [5.74, 6) is -0.979. The van der Waals surface area contributed by atoms with Gasteiger partial charge in [0, 0.05) is 18.8 Å². The van der Waals surface area contributed by atoms with Crippen molar-refractivity contribution >= 4 is 21.4 Å². The molecule has 0 N–H and O–H groups in total. The molecule has 3 aromatic rings. The molecule has 5 nitrogen and oxygen atoms in total. The fraction of sp³-hybridized carbons (Fsp3) is 0.222. The highest BCUT2D eigenvalue weighted by molar-refractivity contribution is 7.91. The van der Waals surface area contributed by atoms with E-state index in [0.717, 1.165) is 6.07 Å². The summed E-state index contributed by atoms with van der Waals surface area (Å²) in [6.07, 6.45) is -2.81. The monoisotopic (exact) mass is 447 g/mol. The molecule has 0 aliphatic carbocycles. The number of rotatable bonds is 4. The van der Waals surface area contributed by atoms with Crippen molar-refractivity contribution in [3.05, 3.63) is 53.1 Å². The Kier molecular flexibility index (Phi) is 5.44. The second kappa shape index (κ2) is 7.42. The quantitative estimate of drug-likeness (QED) is 0.541. The molecular formula is C18H14ClF4N3O2S. The van der Waals surface area contributed by atoms with Crippen molar-refractivity contribution in [2.75, 3.05) is 5.75 Å². The van der Waals surface area contributed by atoms with E-state index in [1.165, 1.54) is 36.9 Å². The van der Waals surface area contributed by atoms with E-state index < -0.39 is 38.0 Å². The second-order valence-corrected chi connectivity index (χ2v) is 8.78. The zero-order valence-corrected chi connectivity index (χ0v) is 16.7. The minimum atomic E-state index is -4.75. The molecule has 1 aromatic carbocycles. The highest BCUT2D eigenvalue weighted by atomic mass is 35.5. The van der Waals surface area contributed by atoms with Crippen LogP contribution in [0.2, 0.25) is 5.02 Å². The third-order valence-electron chi connectivity index (χ3n) is 4.31. The van der Waals surface area contributed by atoms with E-state index in [1.54, 1.807) is 0 Å². The molecule has 0 amide bonds. The molecule has 2 aromatic heterocycles. The minimum Gasteiger partial charge on any atom is -0.326 e. The normalized spacial score (nSPS) is 12.4. The van der Waals surface area contributed by atoms with Crippen LogP contribution in [0, 0.1) is 5.82 Å². The van der Waals surface area contributed by atoms with Crippen molar-refractivity contribution in [2.45, 2.75) is 18.0 Å². The fourth-order valence-corrected chi connectivity index (χ4v) is 3.95. The lowest BCUT2D eigenvalue weighted by Crippen LogP contribution is -2.13. The zero-order chi connectivity index (χ0) is 21.6. The van der Waals surface area contributed by atoms with Crippen molar-refractivity contribution in [3.63, 3.8) is 0 Å². The summed E-state index contributed by atoms with van der Waals surface area (Å²) in [5.41, 5.74) is -0.442. The first-order valence-electron chi connectivity index (χ1n) is 8.23. The van der Waals surface area contributed by atoms with Crippen LogP contribution in [0.15, 0.2) is 41.6 Å². The van der Waals surface area contributed by atoms with Crippen molar-refractivity contribution < 1.29 is 26.0 Å². The maximum absolute atomic E-state index is 13.4. The molecule has 0 saturated carbocycles. The summed E-state index contributed by atoms with van der Waals surface area (Å²) >= 11 is 5.80. The summed E-state index contributed by atoms with van der Waals surface area (Å²) in [7, 11) is -2.49. The number of sulfone groups is 1. The summed E-state index contributed by atoms with van der Waals surface area (Å²) in [5, 5.41) is -0.118. The van der Waals surface area contributed by atoms with E-state index >= 15 is 0 Å². The first kappa shape index (κ1) is 21.3. The van der Waals surface area contributed by atoms with Gasteiger partial charge in [0.05, 0.1) is 33.1 Å². The van der Waals surface area contributed by atoms with Crippen LogP contribution in [0.5, 0.6) is 0 Å². The van der Waals surface area contributed by atoms with Gasteiger partial charge in [-0.15, -0.1) is 0 Å². The topological polar surface area (TPSA) is 64.8 Å². The number of pyridine rings is 1. The smallest absolute Gasteiger partial charge is 0.326 e. The summed E-state index contributed by atoms with van der Waals surface area (Å²) in [6, 6.07) is 4.53. The maximum atomic E-state index is 13.4. The number of alkyl halides is 3. The molecule has 0 unspecified atom stereocenters. The van der Waals surface area contributed by atoms with Crippen LogP contribution < -0.4 is 0 Å². The summed E-state index contributed by atoms with van der Waals surface area (Å²) < 4.78 is 79.0. The Hall–Kier alpha value is -2.46. The molecule has 0 bridgehead atoms. The van der Waals surface area contributed by atoms with E-state index in [-0.39, 0.29) is 16.5 Å². The molecule has 3 rings (SSSR count). The fourth-order valence-electron chi connectivity index (χ4n) is 2.71. The molecule has 11 heteroatoms. The average Bonchev–Trinajstić information content (AvgIpc) is 3.04. The van der Waals surface area contributed by atoms with Gasteiger partial charge in [-0.25, -0.2) is 17.8 Å². The first-order chi connectivity index (χ1) is 13.5. The Morgan fingerprint density at radius 3 is 2.41 bits per heavy atom. The SMILES string of the molecule is CCS(=O)(=O)c1cc(C(F)(F)F)cnc1-c1ncc(-c2ccc(F)c(Cl)c2)n1C. The third-order valence-corrected chi connectivity index (χ3v) is 6.34. The van der Waals surface area contributed by atoms with Gasteiger partial charge in [-0.05, 0) is 24.3 Å². The highest BCUT2D eigenvalue weighted by Gasteiger charge is 2.34. The maximum Gasteiger partial charge on any atom is 0.417 e. The van der Waals surface area contributed by atoms with Crippen LogP contribution >= 0.6 is 11.6 Å². The largest absolute Gasteiger partial charge is 0.417 e. The van der Waals surface area contributed by atoms with Crippen LogP contribution in [0.3, 0.4) is 0 Å². The van der Waals surface area contributed by atoms with Gasteiger partial charge in [0.25, 0.3) is 0 Å². The van der Waals surface area contributed by atoms with Gasteiger partial charge in [0.15, 0.2) is 15.7 Å². The number of hydrogen-bond acceptors (Lipinski definition) is 4. The molecular weight excluding hydrogens is 434 g/mol. The Morgan fingerprint density at radius 2 is 1.83 bits per heavy atom. The van der Waals surface area contributed by atoms with Crippen molar-refractivity contribution in [2.24, 2.45) is 7.05 Å². The molecule has 0 fully saturated rings. The average molecular weight is 448 g/mol. The Labute approximate surface area is 168 Å². The molecule has 2 heterocycles. The number of hydrogen-bond donors (Lipinski definition) is 0. The standard InChI is InChI=1S/C18H14ClF4N3O2S/c1-3-29(27,28)15-7-11(18(21,22)23)8-24-16(15)17-25-9-14(26(17)2)10-4-5-13(20)12(19)6-10/h4-9H,3H2,1-2H3. The van der Waals surface area contributed by atoms with E-state index in [1.807, 2.05) is 0 Å². The number of imidazole rings is 1. The Morgan fingerprint density at radius 1 is 1.14 bits per heavy atom. The van der Waals surface area contributed by atoms with Crippen molar-refractivity contribution in [1.29, 1.82) is 0 Å². The lowest BCUT2D eigenvalue weighted by molar-refractivity contribution is -0.138. The third kappa shape index (κ3) is 3.99. The van der Waals surface area contributed by atoms with E-state index in [9.17, 15) is 26.0 Å². The predicted molar refractivity (Wildman–Crippen MR) is 99.6 cm³/mol. The van der Waals surface area contributed by atoms with Crippen LogP contribution in [0.25, 0.3) is 22.8 Å². The van der Waals surface area contributed by atoms with Crippen LogP contribution in [0.4, 0.5) is 17.6 Å². The van der Waals surface area contributed by atoms with Crippen LogP contribution in [0.1, 0.15) is 12.5 Å². The first-order valence-corrected chi connectivity index (χ1v) is 10.3. The summed E-state index contributed by atoms with van der Waals surface area (Å²) in [4.78, 5) is 7.33. The molecule has 0 saturated heterocycles. The predicted octanol–water partition coefficient (Wildman–Crippen LogP) is 4.75. The summed E-state index contributed by atoms with van der Waals surface area (Å²) in [6.45, 7) is 1.32. The van der Waals surface area contributed by atoms with E-state index in [0.29, 0.717) is 23.5 Å². The van der Waals surface area contributed by atoms with Crippen LogP contribution in [-0.4, -0.2) is 28.7 Å². The van der Waals surface area contributed by atoms with Gasteiger partial charge in [-0.1, -0.05) is 18.5 Å². The van der Waals surface area contributed by atoms with Crippen molar-refractivity contribution in [1.82, 2.24) is 14.5 Å². The number of aromatic nitrogens is 3. The minimum absolute atomic E-state index is 0.0428. The van der Waals surface area contributed by atoms with Crippen molar-refractivity contribution in [3.8, 4) is 22.8 Å². The molecule has 0 aliphatic heterocycles. The van der Waals surface area contributed by atoms with E-state index in [2.05, 4.69) is 9.97 Å². The molecule has 29 heavy (non-hydrogen) atoms. The molecule has 0 atom stereocenters. The Balaban J connectivity index is 2.21. The molecule has 0 aliphatic rings. The van der Waals surface area contributed by atoms with Gasteiger partial charge >= 0.3 is 6.18 Å². The van der Waals surface area contributed by atoms with E-state index in [4.69, 9.17) is 11.6 Å².